The van der Waals surface area contributed by atoms with Crippen molar-refractivity contribution in [2.24, 2.45) is 5.73 Å². The normalized spacial score (nSPS) is 17.2. The van der Waals surface area contributed by atoms with E-state index < -0.39 is 0 Å². The minimum absolute atomic E-state index is 0.320. The Hall–Kier alpha value is -0.740. The van der Waals surface area contributed by atoms with Crippen molar-refractivity contribution in [2.75, 3.05) is 13.6 Å². The highest BCUT2D eigenvalue weighted by atomic mass is 15.6. The summed E-state index contributed by atoms with van der Waals surface area (Å²) in [5, 5.41) is 5.23. The number of hydrazine groups is 1. The molecule has 4 heteroatoms. The first kappa shape index (κ1) is 9.35. The van der Waals surface area contributed by atoms with E-state index in [4.69, 9.17) is 5.73 Å². The van der Waals surface area contributed by atoms with E-state index >= 15 is 0 Å². The standard InChI is InChI=1S/C8H18N4/c1-7(9)4-3-5-11-8-6-12(8)10-2/h6-7,10-11H,3-5,9H2,1-2H3. The fourth-order valence-corrected chi connectivity index (χ4v) is 1.05. The zero-order chi connectivity index (χ0) is 8.97. The van der Waals surface area contributed by atoms with E-state index in [-0.39, 0.29) is 0 Å². The van der Waals surface area contributed by atoms with Gasteiger partial charge in [0.15, 0.2) is 0 Å². The zero-order valence-electron chi connectivity index (χ0n) is 7.80. The minimum Gasteiger partial charge on any atom is -0.369 e. The maximum absolute atomic E-state index is 5.61. The molecule has 0 aromatic carbocycles. The van der Waals surface area contributed by atoms with Crippen molar-refractivity contribution in [3.8, 4) is 0 Å². The minimum atomic E-state index is 0.320. The molecule has 0 radical (unpaired) electrons. The Morgan fingerprint density at radius 1 is 1.67 bits per heavy atom. The summed E-state index contributed by atoms with van der Waals surface area (Å²) in [6.07, 6.45) is 4.23. The quantitative estimate of drug-likeness (QED) is 0.489. The van der Waals surface area contributed by atoms with Crippen LogP contribution in [0.2, 0.25) is 0 Å². The van der Waals surface area contributed by atoms with Gasteiger partial charge in [0, 0.05) is 19.6 Å². The molecule has 1 heterocycles. The second-order valence-corrected chi connectivity index (χ2v) is 3.15. The Labute approximate surface area is 73.8 Å². The van der Waals surface area contributed by atoms with Crippen molar-refractivity contribution < 1.29 is 0 Å². The third-order valence-corrected chi connectivity index (χ3v) is 1.83. The molecule has 0 saturated carbocycles. The van der Waals surface area contributed by atoms with Gasteiger partial charge in [0.1, 0.15) is 5.82 Å². The van der Waals surface area contributed by atoms with Crippen LogP contribution in [0.4, 0.5) is 0 Å². The lowest BCUT2D eigenvalue weighted by Gasteiger charge is -2.07. The van der Waals surface area contributed by atoms with E-state index in [1.165, 1.54) is 5.82 Å². The SMILES string of the molecule is CNN1C=C1NCCCC(C)N. The predicted octanol–water partition coefficient (Wildman–Crippen LogP) is -0.0477. The monoisotopic (exact) mass is 170 g/mol. The Bertz CT molecular complexity index is 164. The third-order valence-electron chi connectivity index (χ3n) is 1.83. The molecular formula is C8H18N4. The van der Waals surface area contributed by atoms with Crippen LogP contribution in [0, 0.1) is 0 Å². The van der Waals surface area contributed by atoms with Gasteiger partial charge in [-0.1, -0.05) is 0 Å². The zero-order valence-corrected chi connectivity index (χ0v) is 7.80. The lowest BCUT2D eigenvalue weighted by molar-refractivity contribution is 0.443. The Morgan fingerprint density at radius 2 is 2.42 bits per heavy atom. The number of nitrogens with two attached hydrogens (primary N) is 1. The highest BCUT2D eigenvalue weighted by Gasteiger charge is 2.17. The molecule has 1 atom stereocenters. The summed E-state index contributed by atoms with van der Waals surface area (Å²) in [7, 11) is 1.90. The maximum Gasteiger partial charge on any atom is 0.139 e. The molecule has 4 nitrogen and oxygen atoms in total. The molecule has 1 aliphatic heterocycles. The molecule has 4 N–H and O–H groups in total. The number of nitrogens with one attached hydrogen (secondary N) is 2. The molecular weight excluding hydrogens is 152 g/mol. The molecule has 0 aliphatic carbocycles. The summed E-state index contributed by atoms with van der Waals surface area (Å²) in [6.45, 7) is 3.04. The van der Waals surface area contributed by atoms with Crippen LogP contribution in [0.15, 0.2) is 12.0 Å². The molecule has 0 bridgehead atoms. The first-order valence-electron chi connectivity index (χ1n) is 4.42. The van der Waals surface area contributed by atoms with Gasteiger partial charge in [-0.15, -0.1) is 0 Å². The van der Waals surface area contributed by atoms with Crippen molar-refractivity contribution in [1.82, 2.24) is 15.8 Å². The van der Waals surface area contributed by atoms with Gasteiger partial charge in [0.2, 0.25) is 0 Å². The molecule has 0 aromatic rings. The first-order chi connectivity index (χ1) is 5.74. The summed E-state index contributed by atoms with van der Waals surface area (Å²) in [5.41, 5.74) is 8.61. The number of nitrogens with zero attached hydrogens (tertiary/aromatic N) is 1. The predicted molar refractivity (Wildman–Crippen MR) is 49.9 cm³/mol. The van der Waals surface area contributed by atoms with Gasteiger partial charge in [0.25, 0.3) is 0 Å². The molecule has 0 fully saturated rings. The summed E-state index contributed by atoms with van der Waals surface area (Å²) in [4.78, 5) is 0. The van der Waals surface area contributed by atoms with E-state index in [9.17, 15) is 0 Å². The van der Waals surface area contributed by atoms with Gasteiger partial charge < -0.3 is 11.1 Å². The van der Waals surface area contributed by atoms with Crippen LogP contribution in [0.1, 0.15) is 19.8 Å². The molecule has 70 valence electrons. The molecule has 1 unspecified atom stereocenters. The van der Waals surface area contributed by atoms with Crippen LogP contribution in [-0.2, 0) is 0 Å². The molecule has 0 amide bonds. The van der Waals surface area contributed by atoms with Crippen molar-refractivity contribution in [1.29, 1.82) is 0 Å². The van der Waals surface area contributed by atoms with Gasteiger partial charge in [0.05, 0.1) is 6.20 Å². The number of rotatable bonds is 6. The number of hydrogen-bond donors (Lipinski definition) is 3. The van der Waals surface area contributed by atoms with E-state index in [1.807, 2.05) is 25.2 Å². The fourth-order valence-electron chi connectivity index (χ4n) is 1.05. The lowest BCUT2D eigenvalue weighted by atomic mass is 10.2. The van der Waals surface area contributed by atoms with Crippen molar-refractivity contribution >= 4 is 0 Å². The molecule has 12 heavy (non-hydrogen) atoms. The van der Waals surface area contributed by atoms with Crippen LogP contribution in [-0.4, -0.2) is 24.6 Å². The highest BCUT2D eigenvalue weighted by molar-refractivity contribution is 5.14. The number of hydrogen-bond acceptors (Lipinski definition) is 4. The topological polar surface area (TPSA) is 53.1 Å². The van der Waals surface area contributed by atoms with Crippen LogP contribution in [0.5, 0.6) is 0 Å². The molecule has 1 aliphatic rings. The van der Waals surface area contributed by atoms with Crippen LogP contribution in [0.3, 0.4) is 0 Å². The van der Waals surface area contributed by atoms with Gasteiger partial charge >= 0.3 is 0 Å². The summed E-state index contributed by atoms with van der Waals surface area (Å²) in [6, 6.07) is 0.320. The second kappa shape index (κ2) is 4.33. The van der Waals surface area contributed by atoms with Crippen molar-refractivity contribution in [3.63, 3.8) is 0 Å². The van der Waals surface area contributed by atoms with Crippen molar-refractivity contribution in [3.05, 3.63) is 12.0 Å². The van der Waals surface area contributed by atoms with E-state index in [0.29, 0.717) is 6.04 Å². The largest absolute Gasteiger partial charge is 0.369 e. The summed E-state index contributed by atoms with van der Waals surface area (Å²) >= 11 is 0. The average molecular weight is 170 g/mol. The summed E-state index contributed by atoms with van der Waals surface area (Å²) in [5.74, 6) is 1.17. The highest BCUT2D eigenvalue weighted by Crippen LogP contribution is 2.12. The molecule has 1 rings (SSSR count). The van der Waals surface area contributed by atoms with E-state index in [0.717, 1.165) is 19.4 Å². The third kappa shape index (κ3) is 3.11. The maximum atomic E-state index is 5.61. The first-order valence-corrected chi connectivity index (χ1v) is 4.42. The van der Waals surface area contributed by atoms with Crippen molar-refractivity contribution in [2.45, 2.75) is 25.8 Å². The smallest absolute Gasteiger partial charge is 0.139 e. The van der Waals surface area contributed by atoms with Crippen LogP contribution < -0.4 is 16.5 Å². The van der Waals surface area contributed by atoms with Crippen LogP contribution >= 0.6 is 0 Å². The Balaban J connectivity index is 1.88. The Morgan fingerprint density at radius 3 is 2.92 bits per heavy atom. The second-order valence-electron chi connectivity index (χ2n) is 3.15. The summed E-state index contributed by atoms with van der Waals surface area (Å²) < 4.78 is 0. The van der Waals surface area contributed by atoms with E-state index in [2.05, 4.69) is 10.7 Å². The van der Waals surface area contributed by atoms with E-state index in [1.54, 1.807) is 0 Å². The van der Waals surface area contributed by atoms with Gasteiger partial charge in [-0.3, -0.25) is 5.01 Å². The average Bonchev–Trinajstić information content (AvgIpc) is 2.76. The van der Waals surface area contributed by atoms with Gasteiger partial charge in [-0.2, -0.15) is 0 Å². The lowest BCUT2D eigenvalue weighted by Crippen LogP contribution is -2.24. The Kier molecular flexibility index (Phi) is 3.37. The molecule has 0 spiro atoms. The molecule has 0 saturated heterocycles. The van der Waals surface area contributed by atoms with Gasteiger partial charge in [-0.05, 0) is 19.8 Å². The van der Waals surface area contributed by atoms with Crippen LogP contribution in [0.25, 0.3) is 0 Å². The molecule has 0 aromatic heterocycles. The van der Waals surface area contributed by atoms with Gasteiger partial charge in [-0.25, -0.2) is 5.43 Å². The fraction of sp³-hybridized carbons (Fsp3) is 0.750.